The quantitative estimate of drug-likeness (QED) is 0.876. The summed E-state index contributed by atoms with van der Waals surface area (Å²) in [6, 6.07) is 1.53. The normalized spacial score (nSPS) is 26.9. The van der Waals surface area contributed by atoms with Crippen LogP contribution in [-0.4, -0.2) is 22.5 Å². The standard InChI is InChI=1S/C14H19NO4/c1-2-10-3-6-14(7-4-10,13(17)18)15-12(16)11-5-8-19-9-11/h5,8-10H,2-4,6-7H2,1H3,(H,15,16)(H,17,18). The molecule has 2 N–H and O–H groups in total. The number of carboxylic acids is 1. The van der Waals surface area contributed by atoms with Crippen LogP contribution in [0.4, 0.5) is 0 Å². The molecule has 0 radical (unpaired) electrons. The minimum absolute atomic E-state index is 0.359. The number of carbonyl (C=O) groups is 2. The molecule has 1 aliphatic rings. The molecule has 1 heterocycles. The van der Waals surface area contributed by atoms with E-state index in [0.29, 0.717) is 24.3 Å². The van der Waals surface area contributed by atoms with E-state index in [4.69, 9.17) is 4.42 Å². The number of hydrogen-bond acceptors (Lipinski definition) is 3. The summed E-state index contributed by atoms with van der Waals surface area (Å²) in [5.74, 6) is -0.761. The summed E-state index contributed by atoms with van der Waals surface area (Å²) < 4.78 is 4.84. The van der Waals surface area contributed by atoms with Crippen molar-refractivity contribution in [2.24, 2.45) is 5.92 Å². The van der Waals surface area contributed by atoms with Crippen molar-refractivity contribution in [3.05, 3.63) is 24.2 Å². The zero-order valence-electron chi connectivity index (χ0n) is 11.0. The lowest BCUT2D eigenvalue weighted by Gasteiger charge is -2.37. The lowest BCUT2D eigenvalue weighted by molar-refractivity contribution is -0.146. The largest absolute Gasteiger partial charge is 0.480 e. The maximum Gasteiger partial charge on any atom is 0.329 e. The zero-order chi connectivity index (χ0) is 13.9. The number of amides is 1. The fourth-order valence-electron chi connectivity index (χ4n) is 2.65. The molecule has 0 unspecified atom stereocenters. The van der Waals surface area contributed by atoms with Crippen LogP contribution in [0.3, 0.4) is 0 Å². The van der Waals surface area contributed by atoms with Gasteiger partial charge in [-0.1, -0.05) is 13.3 Å². The smallest absolute Gasteiger partial charge is 0.329 e. The van der Waals surface area contributed by atoms with E-state index in [-0.39, 0.29) is 5.91 Å². The Morgan fingerprint density at radius 2 is 2.16 bits per heavy atom. The van der Waals surface area contributed by atoms with Gasteiger partial charge in [-0.25, -0.2) is 4.79 Å². The predicted octanol–water partition coefficient (Wildman–Crippen LogP) is 2.43. The first-order valence-corrected chi connectivity index (χ1v) is 6.65. The van der Waals surface area contributed by atoms with Gasteiger partial charge in [0.25, 0.3) is 5.91 Å². The Bertz CT molecular complexity index is 444. The van der Waals surface area contributed by atoms with Crippen LogP contribution >= 0.6 is 0 Å². The van der Waals surface area contributed by atoms with Crippen molar-refractivity contribution in [2.45, 2.75) is 44.6 Å². The average Bonchev–Trinajstić information content (AvgIpc) is 2.93. The molecule has 0 saturated heterocycles. The van der Waals surface area contributed by atoms with Gasteiger partial charge in [-0.3, -0.25) is 4.79 Å². The highest BCUT2D eigenvalue weighted by Gasteiger charge is 2.43. The number of aliphatic carboxylic acids is 1. The van der Waals surface area contributed by atoms with E-state index >= 15 is 0 Å². The Hall–Kier alpha value is -1.78. The highest BCUT2D eigenvalue weighted by Crippen LogP contribution is 2.34. The summed E-state index contributed by atoms with van der Waals surface area (Å²) >= 11 is 0. The molecule has 0 bridgehead atoms. The topological polar surface area (TPSA) is 79.5 Å². The van der Waals surface area contributed by atoms with Gasteiger partial charge in [-0.15, -0.1) is 0 Å². The molecule has 19 heavy (non-hydrogen) atoms. The molecule has 1 aromatic rings. The van der Waals surface area contributed by atoms with E-state index in [9.17, 15) is 14.7 Å². The number of nitrogens with one attached hydrogen (secondary N) is 1. The van der Waals surface area contributed by atoms with Crippen molar-refractivity contribution in [1.29, 1.82) is 0 Å². The Balaban J connectivity index is 2.09. The van der Waals surface area contributed by atoms with Gasteiger partial charge >= 0.3 is 5.97 Å². The number of carbonyl (C=O) groups excluding carboxylic acids is 1. The monoisotopic (exact) mass is 265 g/mol. The molecule has 1 saturated carbocycles. The Kier molecular flexibility index (Phi) is 3.93. The molecule has 0 aliphatic heterocycles. The molecule has 104 valence electrons. The zero-order valence-corrected chi connectivity index (χ0v) is 11.0. The molecule has 1 aromatic heterocycles. The van der Waals surface area contributed by atoms with Gasteiger partial charge in [-0.2, -0.15) is 0 Å². The summed E-state index contributed by atoms with van der Waals surface area (Å²) in [5, 5.41) is 12.1. The average molecular weight is 265 g/mol. The predicted molar refractivity (Wildman–Crippen MR) is 68.8 cm³/mol. The Labute approximate surface area is 112 Å². The van der Waals surface area contributed by atoms with Crippen LogP contribution in [0.25, 0.3) is 0 Å². The molecule has 5 nitrogen and oxygen atoms in total. The number of rotatable bonds is 4. The van der Waals surface area contributed by atoms with E-state index in [1.165, 1.54) is 18.6 Å². The SMILES string of the molecule is CCC1CCC(NC(=O)c2ccoc2)(C(=O)O)CC1. The van der Waals surface area contributed by atoms with Gasteiger partial charge in [-0.05, 0) is 37.7 Å². The lowest BCUT2D eigenvalue weighted by Crippen LogP contribution is -2.56. The van der Waals surface area contributed by atoms with Gasteiger partial charge < -0.3 is 14.8 Å². The maximum absolute atomic E-state index is 12.0. The van der Waals surface area contributed by atoms with Crippen molar-refractivity contribution in [1.82, 2.24) is 5.32 Å². The first-order chi connectivity index (χ1) is 9.07. The van der Waals surface area contributed by atoms with Gasteiger partial charge in [0.15, 0.2) is 0 Å². The van der Waals surface area contributed by atoms with E-state index in [0.717, 1.165) is 19.3 Å². The summed E-state index contributed by atoms with van der Waals surface area (Å²) in [7, 11) is 0. The fourth-order valence-corrected chi connectivity index (χ4v) is 2.65. The molecule has 1 aliphatic carbocycles. The lowest BCUT2D eigenvalue weighted by atomic mass is 9.75. The van der Waals surface area contributed by atoms with Crippen LogP contribution in [0.1, 0.15) is 49.4 Å². The van der Waals surface area contributed by atoms with Crippen LogP contribution in [0.2, 0.25) is 0 Å². The highest BCUT2D eigenvalue weighted by molar-refractivity contribution is 5.97. The third-order valence-corrected chi connectivity index (χ3v) is 4.08. The second-order valence-electron chi connectivity index (χ2n) is 5.21. The van der Waals surface area contributed by atoms with Crippen LogP contribution in [-0.2, 0) is 4.79 Å². The molecule has 0 spiro atoms. The third kappa shape index (κ3) is 2.80. The van der Waals surface area contributed by atoms with Gasteiger partial charge in [0, 0.05) is 0 Å². The van der Waals surface area contributed by atoms with E-state index in [1.807, 2.05) is 0 Å². The first kappa shape index (κ1) is 13.6. The second kappa shape index (κ2) is 5.47. The summed E-state index contributed by atoms with van der Waals surface area (Å²) in [6.07, 6.45) is 6.45. The number of furan rings is 1. The van der Waals surface area contributed by atoms with Crippen molar-refractivity contribution >= 4 is 11.9 Å². The van der Waals surface area contributed by atoms with E-state index in [1.54, 1.807) is 0 Å². The second-order valence-corrected chi connectivity index (χ2v) is 5.21. The molecular weight excluding hydrogens is 246 g/mol. The van der Waals surface area contributed by atoms with Gasteiger partial charge in [0.2, 0.25) is 0 Å². The molecule has 1 amide bonds. The van der Waals surface area contributed by atoms with Crippen LogP contribution in [0.5, 0.6) is 0 Å². The van der Waals surface area contributed by atoms with Crippen molar-refractivity contribution in [2.75, 3.05) is 0 Å². The van der Waals surface area contributed by atoms with E-state index < -0.39 is 11.5 Å². The molecule has 2 rings (SSSR count). The first-order valence-electron chi connectivity index (χ1n) is 6.65. The third-order valence-electron chi connectivity index (χ3n) is 4.08. The summed E-state index contributed by atoms with van der Waals surface area (Å²) in [5.41, 5.74) is -0.765. The van der Waals surface area contributed by atoms with Gasteiger partial charge in [0.1, 0.15) is 11.8 Å². The minimum Gasteiger partial charge on any atom is -0.480 e. The minimum atomic E-state index is -1.12. The number of carboxylic acid groups (broad SMARTS) is 1. The number of hydrogen-bond donors (Lipinski definition) is 2. The molecular formula is C14H19NO4. The molecule has 5 heteroatoms. The molecule has 1 fully saturated rings. The van der Waals surface area contributed by atoms with E-state index in [2.05, 4.69) is 12.2 Å². The van der Waals surface area contributed by atoms with Crippen molar-refractivity contribution in [3.8, 4) is 0 Å². The van der Waals surface area contributed by atoms with Crippen LogP contribution in [0, 0.1) is 5.92 Å². The van der Waals surface area contributed by atoms with Gasteiger partial charge in [0.05, 0.1) is 11.8 Å². The molecule has 0 atom stereocenters. The Morgan fingerprint density at radius 1 is 1.47 bits per heavy atom. The maximum atomic E-state index is 12.0. The van der Waals surface area contributed by atoms with Crippen molar-refractivity contribution < 1.29 is 19.1 Å². The van der Waals surface area contributed by atoms with Crippen LogP contribution in [0.15, 0.2) is 23.0 Å². The van der Waals surface area contributed by atoms with Crippen LogP contribution < -0.4 is 5.32 Å². The van der Waals surface area contributed by atoms with Crippen molar-refractivity contribution in [3.63, 3.8) is 0 Å². The Morgan fingerprint density at radius 3 is 2.63 bits per heavy atom. The summed E-state index contributed by atoms with van der Waals surface area (Å²) in [6.45, 7) is 2.11. The summed E-state index contributed by atoms with van der Waals surface area (Å²) in [4.78, 5) is 23.5. The fraction of sp³-hybridized carbons (Fsp3) is 0.571. The highest BCUT2D eigenvalue weighted by atomic mass is 16.4. The molecule has 0 aromatic carbocycles.